The highest BCUT2D eigenvalue weighted by Gasteiger charge is 2.32. The molecule has 4 aromatic carbocycles. The van der Waals surface area contributed by atoms with Crippen LogP contribution in [0.2, 0.25) is 0 Å². The summed E-state index contributed by atoms with van der Waals surface area (Å²) >= 11 is 0. The van der Waals surface area contributed by atoms with Crippen molar-refractivity contribution < 1.29 is 0 Å². The Balaban J connectivity index is 1.84. The van der Waals surface area contributed by atoms with Crippen LogP contribution >= 0.6 is 16.0 Å². The molecule has 1 nitrogen and oxygen atoms in total. The Labute approximate surface area is 214 Å². The molecule has 0 amide bonds. The highest BCUT2D eigenvalue weighted by Crippen LogP contribution is 2.48. The maximum Gasteiger partial charge on any atom is 0.0330 e. The van der Waals surface area contributed by atoms with Crippen molar-refractivity contribution in [2.45, 2.75) is 52.7 Å². The zero-order valence-corrected chi connectivity index (χ0v) is 23.6. The van der Waals surface area contributed by atoms with E-state index >= 15 is 0 Å². The van der Waals surface area contributed by atoms with Gasteiger partial charge in [0.1, 0.15) is 0 Å². The van der Waals surface area contributed by atoms with Gasteiger partial charge in [0.15, 0.2) is 0 Å². The molecule has 0 saturated carbocycles. The first-order valence-corrected chi connectivity index (χ1v) is 15.1. The maximum atomic E-state index is 4.08. The number of nitrogens with one attached hydrogen (secondary N) is 1. The summed E-state index contributed by atoms with van der Waals surface area (Å²) in [5, 5.41) is 9.92. The van der Waals surface area contributed by atoms with Crippen molar-refractivity contribution >= 4 is 37.2 Å². The van der Waals surface area contributed by atoms with E-state index in [-0.39, 0.29) is 11.2 Å². The van der Waals surface area contributed by atoms with Gasteiger partial charge < -0.3 is 0 Å². The molecule has 2 atom stereocenters. The van der Waals surface area contributed by atoms with Gasteiger partial charge in [-0.2, -0.15) is 0 Å². The molecule has 0 aliphatic heterocycles. The van der Waals surface area contributed by atoms with E-state index in [1.807, 2.05) is 0 Å². The molecule has 0 fully saturated rings. The predicted molar refractivity (Wildman–Crippen MR) is 159 cm³/mol. The second kappa shape index (κ2) is 11.2. The molecule has 0 aliphatic rings. The summed E-state index contributed by atoms with van der Waals surface area (Å²) in [6.07, 6.45) is 0. The molecular weight excluding hydrogens is 460 g/mol. The van der Waals surface area contributed by atoms with Gasteiger partial charge in [-0.3, -0.25) is 5.09 Å². The fourth-order valence-corrected chi connectivity index (χ4v) is 9.50. The summed E-state index contributed by atoms with van der Waals surface area (Å²) < 4.78 is 0. The van der Waals surface area contributed by atoms with E-state index in [4.69, 9.17) is 0 Å². The van der Waals surface area contributed by atoms with Crippen LogP contribution in [0.25, 0.3) is 0 Å². The van der Waals surface area contributed by atoms with Gasteiger partial charge in [-0.1, -0.05) is 135 Å². The van der Waals surface area contributed by atoms with E-state index in [1.54, 1.807) is 0 Å². The average Bonchev–Trinajstić information content (AvgIpc) is 2.85. The largest absolute Gasteiger partial charge is 0.285 e. The molecule has 0 saturated heterocycles. The number of benzene rings is 4. The minimum Gasteiger partial charge on any atom is -0.285 e. The van der Waals surface area contributed by atoms with Crippen LogP contribution in [0.3, 0.4) is 0 Å². The Bertz CT molecular complexity index is 1180. The third-order valence-corrected chi connectivity index (χ3v) is 11.8. The summed E-state index contributed by atoms with van der Waals surface area (Å²) in [5.74, 6) is 0. The summed E-state index contributed by atoms with van der Waals surface area (Å²) in [7, 11) is -1.31. The van der Waals surface area contributed by atoms with Crippen LogP contribution in [0.4, 0.5) is 0 Å². The lowest BCUT2D eigenvalue weighted by Gasteiger charge is -2.37. The Morgan fingerprint density at radius 2 is 1.06 bits per heavy atom. The van der Waals surface area contributed by atoms with Crippen molar-refractivity contribution in [2.75, 3.05) is 0 Å². The molecule has 0 aromatic heterocycles. The van der Waals surface area contributed by atoms with E-state index in [2.05, 4.69) is 150 Å². The normalized spacial score (nSPS) is 13.6. The van der Waals surface area contributed by atoms with E-state index in [1.165, 1.54) is 37.9 Å². The number of rotatable bonds is 7. The summed E-state index contributed by atoms with van der Waals surface area (Å²) in [5.41, 5.74) is 3.94. The van der Waals surface area contributed by atoms with Crippen molar-refractivity contribution in [3.8, 4) is 0 Å². The summed E-state index contributed by atoms with van der Waals surface area (Å²) in [6.45, 7) is 13.8. The third kappa shape index (κ3) is 6.29. The molecule has 0 bridgehead atoms. The second-order valence-electron chi connectivity index (χ2n) is 10.3. The molecule has 4 aromatic rings. The van der Waals surface area contributed by atoms with E-state index in [0.717, 1.165) is 0 Å². The van der Waals surface area contributed by atoms with E-state index < -0.39 is 16.0 Å². The minimum absolute atomic E-state index is 0.107. The van der Waals surface area contributed by atoms with Gasteiger partial charge in [-0.05, 0) is 60.6 Å². The van der Waals surface area contributed by atoms with Crippen molar-refractivity contribution in [1.29, 1.82) is 0 Å². The Morgan fingerprint density at radius 1 is 0.600 bits per heavy atom. The van der Waals surface area contributed by atoms with Crippen molar-refractivity contribution in [3.63, 3.8) is 0 Å². The monoisotopic (exact) mass is 497 g/mol. The van der Waals surface area contributed by atoms with Crippen molar-refractivity contribution in [1.82, 2.24) is 5.09 Å². The van der Waals surface area contributed by atoms with Gasteiger partial charge in [0, 0.05) is 14.1 Å². The molecule has 1 N–H and O–H groups in total. The number of hydrogen-bond acceptors (Lipinski definition) is 1. The smallest absolute Gasteiger partial charge is 0.0330 e. The topological polar surface area (TPSA) is 12.0 Å². The fourth-order valence-electron chi connectivity index (χ4n) is 4.29. The quantitative estimate of drug-likeness (QED) is 0.266. The van der Waals surface area contributed by atoms with E-state index in [9.17, 15) is 0 Å². The van der Waals surface area contributed by atoms with Crippen LogP contribution in [-0.2, 0) is 0 Å². The molecule has 3 heteroatoms. The number of hydrogen-bond donors (Lipinski definition) is 1. The van der Waals surface area contributed by atoms with Gasteiger partial charge in [-0.25, -0.2) is 0 Å². The first-order chi connectivity index (χ1) is 16.7. The van der Waals surface area contributed by atoms with Crippen molar-refractivity contribution in [2.24, 2.45) is 0 Å². The molecule has 35 heavy (non-hydrogen) atoms. The standard InChI is InChI=1S/C32H37NP2/c1-24-16-20-28(21-17-24)34(29-22-18-25(2)19-23-29)30-14-10-11-15-31(30)35(32(4,5)6)33-26(3)27-12-8-7-9-13-27/h7-23,26,33H,1-6H3/t26-,35?/m0/s1. The lowest BCUT2D eigenvalue weighted by atomic mass is 10.1. The highest BCUT2D eigenvalue weighted by molar-refractivity contribution is 7.82. The fraction of sp³-hybridized carbons (Fsp3) is 0.250. The SMILES string of the molecule is Cc1ccc(P(c2ccc(C)cc2)c2ccccc2P(N[C@@H](C)c2ccccc2)C(C)(C)C)cc1. The van der Waals surface area contributed by atoms with Crippen LogP contribution in [0, 0.1) is 13.8 Å². The maximum absolute atomic E-state index is 4.08. The Morgan fingerprint density at radius 3 is 1.54 bits per heavy atom. The molecule has 4 rings (SSSR count). The molecular formula is C32H37NP2. The van der Waals surface area contributed by atoms with Gasteiger partial charge in [0.05, 0.1) is 0 Å². The molecule has 0 heterocycles. The third-order valence-electron chi connectivity index (χ3n) is 6.24. The molecule has 180 valence electrons. The lowest BCUT2D eigenvalue weighted by molar-refractivity contribution is 0.705. The minimum atomic E-state index is -0.674. The summed E-state index contributed by atoms with van der Waals surface area (Å²) in [4.78, 5) is 0. The van der Waals surface area contributed by atoms with E-state index in [0.29, 0.717) is 0 Å². The predicted octanol–water partition coefficient (Wildman–Crippen LogP) is 7.23. The summed E-state index contributed by atoms with van der Waals surface area (Å²) in [6, 6.07) is 38.6. The Kier molecular flexibility index (Phi) is 8.23. The molecule has 0 aliphatic carbocycles. The lowest BCUT2D eigenvalue weighted by Crippen LogP contribution is -2.38. The van der Waals surface area contributed by atoms with Crippen LogP contribution in [0.15, 0.2) is 103 Å². The highest BCUT2D eigenvalue weighted by atomic mass is 31.1. The van der Waals surface area contributed by atoms with Gasteiger partial charge in [0.25, 0.3) is 0 Å². The van der Waals surface area contributed by atoms with Crippen LogP contribution in [-0.4, -0.2) is 5.16 Å². The Hall–Kier alpha value is -2.30. The average molecular weight is 498 g/mol. The van der Waals surface area contributed by atoms with Crippen LogP contribution < -0.4 is 26.3 Å². The second-order valence-corrected chi connectivity index (χ2v) is 15.2. The van der Waals surface area contributed by atoms with Gasteiger partial charge in [-0.15, -0.1) is 0 Å². The zero-order valence-electron chi connectivity index (χ0n) is 21.8. The van der Waals surface area contributed by atoms with Gasteiger partial charge in [0.2, 0.25) is 0 Å². The first-order valence-electron chi connectivity index (χ1n) is 12.4. The molecule has 1 unspecified atom stereocenters. The zero-order chi connectivity index (χ0) is 25.0. The first kappa shape index (κ1) is 25.8. The number of aryl methyl sites for hydroxylation is 2. The molecule has 0 spiro atoms. The van der Waals surface area contributed by atoms with Gasteiger partial charge >= 0.3 is 0 Å². The van der Waals surface area contributed by atoms with Crippen LogP contribution in [0.1, 0.15) is 50.4 Å². The van der Waals surface area contributed by atoms with Crippen LogP contribution in [0.5, 0.6) is 0 Å². The molecule has 0 radical (unpaired) electrons. The van der Waals surface area contributed by atoms with Crippen molar-refractivity contribution in [3.05, 3.63) is 120 Å².